The first-order chi connectivity index (χ1) is 13.5. The van der Waals surface area contributed by atoms with Crippen LogP contribution in [0.15, 0.2) is 66.9 Å². The molecule has 1 aliphatic heterocycles. The summed E-state index contributed by atoms with van der Waals surface area (Å²) in [4.78, 5) is 30.7. The van der Waals surface area contributed by atoms with E-state index in [1.807, 2.05) is 0 Å². The van der Waals surface area contributed by atoms with Gasteiger partial charge < -0.3 is 16.0 Å². The molecule has 0 fully saturated rings. The molecule has 1 atom stereocenters. The van der Waals surface area contributed by atoms with Crippen LogP contribution in [0.1, 0.15) is 38.1 Å². The van der Waals surface area contributed by atoms with Crippen LogP contribution in [0.4, 0.5) is 10.1 Å². The molecule has 1 unspecified atom stereocenters. The lowest BCUT2D eigenvalue weighted by molar-refractivity contribution is 0.0727. The van der Waals surface area contributed by atoms with Gasteiger partial charge in [0.05, 0.1) is 16.8 Å². The molecule has 2 amide bonds. The number of hydrogen-bond donors (Lipinski definition) is 2. The van der Waals surface area contributed by atoms with Crippen molar-refractivity contribution < 1.29 is 14.0 Å². The number of carbonyl (C=O) groups is 2. The number of primary amides is 1. The lowest BCUT2D eigenvalue weighted by Gasteiger charge is -2.27. The molecule has 0 saturated heterocycles. The van der Waals surface area contributed by atoms with Crippen molar-refractivity contribution >= 4 is 17.5 Å². The van der Waals surface area contributed by atoms with Crippen LogP contribution in [0, 0.1) is 5.82 Å². The van der Waals surface area contributed by atoms with Gasteiger partial charge in [0.1, 0.15) is 12.0 Å². The van der Waals surface area contributed by atoms with E-state index in [2.05, 4.69) is 10.3 Å². The summed E-state index contributed by atoms with van der Waals surface area (Å²) >= 11 is 0. The van der Waals surface area contributed by atoms with Crippen LogP contribution in [0.3, 0.4) is 0 Å². The number of carbonyl (C=O) groups excluding carboxylic acids is 2. The Balaban J connectivity index is 1.72. The van der Waals surface area contributed by atoms with Gasteiger partial charge in [0.25, 0.3) is 11.8 Å². The maximum absolute atomic E-state index is 13.2. The normalized spacial score (nSPS) is 15.4. The van der Waals surface area contributed by atoms with E-state index in [0.717, 1.165) is 5.56 Å². The van der Waals surface area contributed by atoms with Crippen molar-refractivity contribution in [2.45, 2.75) is 12.7 Å². The Kier molecular flexibility index (Phi) is 4.49. The highest BCUT2D eigenvalue weighted by molar-refractivity contribution is 6.00. The molecule has 2 heterocycles. The highest BCUT2D eigenvalue weighted by atomic mass is 19.1. The molecule has 6 nitrogen and oxygen atoms in total. The molecule has 2 aromatic carbocycles. The molecular weight excluding hydrogens is 359 g/mol. The number of nitrogens with two attached hydrogens (primary N) is 1. The smallest absolute Gasteiger partial charge is 0.258 e. The molecule has 0 bridgehead atoms. The number of benzene rings is 2. The second-order valence-electron chi connectivity index (χ2n) is 6.45. The molecular formula is C21H17FN4O2. The Morgan fingerprint density at radius 3 is 2.61 bits per heavy atom. The lowest BCUT2D eigenvalue weighted by Crippen LogP contribution is -2.32. The van der Waals surface area contributed by atoms with Gasteiger partial charge in [-0.1, -0.05) is 24.3 Å². The minimum Gasteiger partial charge on any atom is -0.366 e. The van der Waals surface area contributed by atoms with E-state index >= 15 is 0 Å². The van der Waals surface area contributed by atoms with Crippen LogP contribution in [-0.2, 0) is 6.54 Å². The summed E-state index contributed by atoms with van der Waals surface area (Å²) in [6.07, 6.45) is 1.02. The van der Waals surface area contributed by atoms with Crippen molar-refractivity contribution in [2.24, 2.45) is 5.73 Å². The van der Waals surface area contributed by atoms with Gasteiger partial charge in [0.15, 0.2) is 0 Å². The zero-order chi connectivity index (χ0) is 19.7. The number of nitrogens with one attached hydrogen (secondary N) is 1. The number of nitrogens with zero attached hydrogens (tertiary/aromatic N) is 2. The summed E-state index contributed by atoms with van der Waals surface area (Å²) in [5.74, 6) is -1.10. The maximum Gasteiger partial charge on any atom is 0.258 e. The summed E-state index contributed by atoms with van der Waals surface area (Å²) in [6.45, 7) is 0.256. The fraction of sp³-hybridized carbons (Fsp3) is 0.0952. The number of pyridine rings is 1. The number of amides is 2. The van der Waals surface area contributed by atoms with E-state index in [1.54, 1.807) is 59.6 Å². The number of anilines is 1. The van der Waals surface area contributed by atoms with E-state index in [1.165, 1.54) is 12.1 Å². The molecule has 1 aliphatic rings. The van der Waals surface area contributed by atoms with Gasteiger partial charge in [0, 0.05) is 18.4 Å². The number of rotatable bonds is 5. The Morgan fingerprint density at radius 2 is 1.86 bits per heavy atom. The fourth-order valence-corrected chi connectivity index (χ4v) is 3.30. The first kappa shape index (κ1) is 17.7. The van der Waals surface area contributed by atoms with E-state index in [0.29, 0.717) is 22.5 Å². The molecule has 140 valence electrons. The van der Waals surface area contributed by atoms with Crippen molar-refractivity contribution in [3.63, 3.8) is 0 Å². The van der Waals surface area contributed by atoms with E-state index in [-0.39, 0.29) is 18.3 Å². The second kappa shape index (κ2) is 7.11. The first-order valence-corrected chi connectivity index (χ1v) is 8.70. The summed E-state index contributed by atoms with van der Waals surface area (Å²) in [7, 11) is 0. The number of fused-ring (bicyclic) bond motifs is 1. The number of para-hydroxylation sites is 1. The predicted octanol–water partition coefficient (Wildman–Crippen LogP) is 3.09. The van der Waals surface area contributed by atoms with Crippen molar-refractivity contribution in [3.05, 3.63) is 95.1 Å². The topological polar surface area (TPSA) is 88.3 Å². The summed E-state index contributed by atoms with van der Waals surface area (Å²) < 4.78 is 13.2. The minimum atomic E-state index is -0.589. The summed E-state index contributed by atoms with van der Waals surface area (Å²) in [6, 6.07) is 16.2. The van der Waals surface area contributed by atoms with E-state index < -0.39 is 12.1 Å². The van der Waals surface area contributed by atoms with Crippen molar-refractivity contribution in [2.75, 3.05) is 5.32 Å². The average molecular weight is 376 g/mol. The Hall–Kier alpha value is -3.74. The molecule has 3 N–H and O–H groups in total. The Bertz CT molecular complexity index is 1050. The van der Waals surface area contributed by atoms with Gasteiger partial charge in [-0.05, 0) is 42.0 Å². The first-order valence-electron chi connectivity index (χ1n) is 8.70. The lowest BCUT2D eigenvalue weighted by atomic mass is 10.1. The third kappa shape index (κ3) is 3.18. The van der Waals surface area contributed by atoms with Crippen LogP contribution < -0.4 is 11.1 Å². The molecule has 4 rings (SSSR count). The van der Waals surface area contributed by atoms with Crippen LogP contribution in [0.25, 0.3) is 0 Å². The van der Waals surface area contributed by atoms with Gasteiger partial charge in [-0.2, -0.15) is 0 Å². The quantitative estimate of drug-likeness (QED) is 0.716. The molecule has 7 heteroatoms. The van der Waals surface area contributed by atoms with E-state index in [4.69, 9.17) is 5.73 Å². The van der Waals surface area contributed by atoms with Crippen LogP contribution >= 0.6 is 0 Å². The van der Waals surface area contributed by atoms with E-state index in [9.17, 15) is 14.0 Å². The minimum absolute atomic E-state index is 0.193. The zero-order valence-electron chi connectivity index (χ0n) is 14.8. The number of hydrogen-bond acceptors (Lipinski definition) is 4. The van der Waals surface area contributed by atoms with Crippen LogP contribution in [0.2, 0.25) is 0 Å². The zero-order valence-corrected chi connectivity index (χ0v) is 14.8. The standard InChI is InChI=1S/C21H17FN4O2/c22-14-9-7-13(8-10-14)12-26-20(18-16(21(26)28)5-3-11-24-18)25-17-6-2-1-4-15(17)19(23)27/h1-11,20,25H,12H2,(H2,23,27). The Labute approximate surface area is 160 Å². The monoisotopic (exact) mass is 376 g/mol. The van der Waals surface area contributed by atoms with Crippen molar-refractivity contribution in [1.29, 1.82) is 0 Å². The van der Waals surface area contributed by atoms with Crippen molar-refractivity contribution in [3.8, 4) is 0 Å². The largest absolute Gasteiger partial charge is 0.366 e. The number of halogens is 1. The SMILES string of the molecule is NC(=O)c1ccccc1NC1c2ncccc2C(=O)N1Cc1ccc(F)cc1. The van der Waals surface area contributed by atoms with Gasteiger partial charge >= 0.3 is 0 Å². The highest BCUT2D eigenvalue weighted by Crippen LogP contribution is 2.34. The van der Waals surface area contributed by atoms with Crippen molar-refractivity contribution in [1.82, 2.24) is 9.88 Å². The van der Waals surface area contributed by atoms with Gasteiger partial charge in [-0.25, -0.2) is 4.39 Å². The maximum atomic E-state index is 13.2. The molecule has 1 aromatic heterocycles. The fourth-order valence-electron chi connectivity index (χ4n) is 3.30. The summed E-state index contributed by atoms with van der Waals surface area (Å²) in [5.41, 5.74) is 8.13. The van der Waals surface area contributed by atoms with Gasteiger partial charge in [-0.3, -0.25) is 14.6 Å². The third-order valence-electron chi connectivity index (χ3n) is 4.65. The predicted molar refractivity (Wildman–Crippen MR) is 102 cm³/mol. The van der Waals surface area contributed by atoms with Crippen LogP contribution in [0.5, 0.6) is 0 Å². The highest BCUT2D eigenvalue weighted by Gasteiger charge is 2.38. The van der Waals surface area contributed by atoms with Gasteiger partial charge in [-0.15, -0.1) is 0 Å². The third-order valence-corrected chi connectivity index (χ3v) is 4.65. The average Bonchev–Trinajstić information content (AvgIpc) is 2.96. The molecule has 0 spiro atoms. The Morgan fingerprint density at radius 1 is 1.11 bits per heavy atom. The molecule has 0 radical (unpaired) electrons. The number of aromatic nitrogens is 1. The van der Waals surface area contributed by atoms with Gasteiger partial charge in [0.2, 0.25) is 0 Å². The summed E-state index contributed by atoms with van der Waals surface area (Å²) in [5, 5.41) is 3.23. The molecule has 0 saturated carbocycles. The molecule has 3 aromatic rings. The molecule has 28 heavy (non-hydrogen) atoms. The molecule has 0 aliphatic carbocycles. The second-order valence-corrected chi connectivity index (χ2v) is 6.45. The van der Waals surface area contributed by atoms with Crippen LogP contribution in [-0.4, -0.2) is 21.7 Å².